The topological polar surface area (TPSA) is 92.5 Å². The second-order valence-electron chi connectivity index (χ2n) is 6.22. The second kappa shape index (κ2) is 8.27. The summed E-state index contributed by atoms with van der Waals surface area (Å²) in [6.07, 6.45) is 4.47. The fraction of sp³-hybridized carbons (Fsp3) is 0.200. The molecule has 1 saturated heterocycles. The van der Waals surface area contributed by atoms with Gasteiger partial charge in [0, 0.05) is 43.4 Å². The molecule has 1 aliphatic rings. The zero-order chi connectivity index (χ0) is 19.2. The normalized spacial score (nSPS) is 13.9. The molecule has 1 N–H and O–H groups in total. The van der Waals surface area contributed by atoms with Crippen LogP contribution in [0.4, 0.5) is 11.4 Å². The van der Waals surface area contributed by atoms with E-state index in [2.05, 4.69) is 5.32 Å². The van der Waals surface area contributed by atoms with Gasteiger partial charge in [-0.1, -0.05) is 12.1 Å². The predicted molar refractivity (Wildman–Crippen MR) is 102 cm³/mol. The van der Waals surface area contributed by atoms with Gasteiger partial charge in [-0.25, -0.2) is 0 Å². The third kappa shape index (κ3) is 4.78. The molecule has 7 heteroatoms. The number of non-ortho nitro benzene ring substituents is 1. The van der Waals surface area contributed by atoms with Crippen molar-refractivity contribution in [3.63, 3.8) is 0 Å². The van der Waals surface area contributed by atoms with Crippen LogP contribution in [0.3, 0.4) is 0 Å². The minimum absolute atomic E-state index is 0.00989. The Labute approximate surface area is 156 Å². The van der Waals surface area contributed by atoms with E-state index in [1.165, 1.54) is 18.2 Å². The van der Waals surface area contributed by atoms with Crippen molar-refractivity contribution >= 4 is 29.3 Å². The standard InChI is InChI=1S/C20H19N3O4/c24-19(12-7-15-3-10-18(11-4-15)23(26)27)21-14-16-5-8-17(9-6-16)22-13-1-2-20(22)25/h3-12H,1-2,13-14H2,(H,21,24)/b12-7+. The van der Waals surface area contributed by atoms with Gasteiger partial charge in [0.15, 0.2) is 0 Å². The van der Waals surface area contributed by atoms with Crippen LogP contribution in [0.15, 0.2) is 54.6 Å². The molecule has 0 aromatic heterocycles. The third-order valence-corrected chi connectivity index (χ3v) is 4.32. The fourth-order valence-electron chi connectivity index (χ4n) is 2.84. The van der Waals surface area contributed by atoms with Crippen LogP contribution in [0.25, 0.3) is 6.08 Å². The zero-order valence-corrected chi connectivity index (χ0v) is 14.6. The maximum atomic E-state index is 11.9. The Bertz CT molecular complexity index is 873. The van der Waals surface area contributed by atoms with Gasteiger partial charge in [-0.05, 0) is 47.9 Å². The number of nitrogens with zero attached hydrogens (tertiary/aromatic N) is 2. The highest BCUT2D eigenvalue weighted by Crippen LogP contribution is 2.21. The molecule has 0 radical (unpaired) electrons. The Hall–Kier alpha value is -3.48. The van der Waals surface area contributed by atoms with Crippen molar-refractivity contribution in [3.05, 3.63) is 75.8 Å². The molecule has 0 atom stereocenters. The highest BCUT2D eigenvalue weighted by molar-refractivity contribution is 5.95. The van der Waals surface area contributed by atoms with E-state index in [9.17, 15) is 19.7 Å². The lowest BCUT2D eigenvalue weighted by Gasteiger charge is -2.15. The lowest BCUT2D eigenvalue weighted by molar-refractivity contribution is -0.384. The molecule has 1 fully saturated rings. The lowest BCUT2D eigenvalue weighted by Crippen LogP contribution is -2.23. The maximum absolute atomic E-state index is 11.9. The van der Waals surface area contributed by atoms with E-state index in [4.69, 9.17) is 0 Å². The molecule has 0 aliphatic carbocycles. The number of amides is 2. The van der Waals surface area contributed by atoms with E-state index < -0.39 is 4.92 Å². The van der Waals surface area contributed by atoms with E-state index in [1.807, 2.05) is 24.3 Å². The van der Waals surface area contributed by atoms with E-state index in [0.29, 0.717) is 18.5 Å². The number of nitrogens with one attached hydrogen (secondary N) is 1. The van der Waals surface area contributed by atoms with Gasteiger partial charge in [0.1, 0.15) is 0 Å². The van der Waals surface area contributed by atoms with Crippen molar-refractivity contribution in [2.45, 2.75) is 19.4 Å². The lowest BCUT2D eigenvalue weighted by atomic mass is 10.2. The first-order valence-electron chi connectivity index (χ1n) is 8.62. The van der Waals surface area contributed by atoms with Gasteiger partial charge in [-0.3, -0.25) is 19.7 Å². The van der Waals surface area contributed by atoms with Crippen LogP contribution in [0, 0.1) is 10.1 Å². The van der Waals surface area contributed by atoms with Crippen LogP contribution >= 0.6 is 0 Å². The first kappa shape index (κ1) is 18.3. The van der Waals surface area contributed by atoms with Gasteiger partial charge in [-0.15, -0.1) is 0 Å². The Kier molecular flexibility index (Phi) is 5.61. The summed E-state index contributed by atoms with van der Waals surface area (Å²) in [4.78, 5) is 35.6. The monoisotopic (exact) mass is 365 g/mol. The number of anilines is 1. The average Bonchev–Trinajstić information content (AvgIpc) is 3.11. The summed E-state index contributed by atoms with van der Waals surface area (Å²) in [6.45, 7) is 1.13. The van der Waals surface area contributed by atoms with Crippen molar-refractivity contribution in [2.24, 2.45) is 0 Å². The molecule has 0 spiro atoms. The highest BCUT2D eigenvalue weighted by Gasteiger charge is 2.21. The number of carbonyl (C=O) groups is 2. The predicted octanol–water partition coefficient (Wildman–Crippen LogP) is 3.05. The van der Waals surface area contributed by atoms with E-state index in [0.717, 1.165) is 24.2 Å². The van der Waals surface area contributed by atoms with Crippen LogP contribution in [0.2, 0.25) is 0 Å². The van der Waals surface area contributed by atoms with Crippen molar-refractivity contribution < 1.29 is 14.5 Å². The summed E-state index contributed by atoms with van der Waals surface area (Å²) >= 11 is 0. The summed E-state index contributed by atoms with van der Waals surface area (Å²) in [7, 11) is 0. The van der Waals surface area contributed by atoms with Crippen molar-refractivity contribution in [3.8, 4) is 0 Å². The molecule has 138 valence electrons. The second-order valence-corrected chi connectivity index (χ2v) is 6.22. The van der Waals surface area contributed by atoms with Crippen molar-refractivity contribution in [1.29, 1.82) is 0 Å². The first-order chi connectivity index (χ1) is 13.0. The molecular weight excluding hydrogens is 346 g/mol. The maximum Gasteiger partial charge on any atom is 0.269 e. The van der Waals surface area contributed by atoms with Gasteiger partial charge in [0.25, 0.3) is 5.69 Å². The number of benzene rings is 2. The summed E-state index contributed by atoms with van der Waals surface area (Å²) in [5, 5.41) is 13.4. The minimum atomic E-state index is -0.467. The molecule has 2 aromatic carbocycles. The molecule has 0 bridgehead atoms. The van der Waals surface area contributed by atoms with Crippen LogP contribution in [-0.2, 0) is 16.1 Å². The highest BCUT2D eigenvalue weighted by atomic mass is 16.6. The fourth-order valence-corrected chi connectivity index (χ4v) is 2.84. The summed E-state index contributed by atoms with van der Waals surface area (Å²) in [5.41, 5.74) is 2.53. The Morgan fingerprint density at radius 2 is 1.85 bits per heavy atom. The SMILES string of the molecule is O=C(/C=C/c1ccc([N+](=O)[O-])cc1)NCc1ccc(N2CCCC2=O)cc1. The van der Waals surface area contributed by atoms with E-state index in [-0.39, 0.29) is 17.5 Å². The Balaban J connectivity index is 1.51. The van der Waals surface area contributed by atoms with Gasteiger partial charge < -0.3 is 10.2 Å². The zero-order valence-electron chi connectivity index (χ0n) is 14.6. The Morgan fingerprint density at radius 1 is 1.15 bits per heavy atom. The molecule has 27 heavy (non-hydrogen) atoms. The van der Waals surface area contributed by atoms with Crippen LogP contribution in [0.1, 0.15) is 24.0 Å². The average molecular weight is 365 g/mol. The number of hydrogen-bond acceptors (Lipinski definition) is 4. The summed E-state index contributed by atoms with van der Waals surface area (Å²) in [5.74, 6) is -0.111. The number of nitro groups is 1. The molecule has 2 aromatic rings. The van der Waals surface area contributed by atoms with E-state index >= 15 is 0 Å². The van der Waals surface area contributed by atoms with Crippen molar-refractivity contribution in [1.82, 2.24) is 5.32 Å². The molecule has 7 nitrogen and oxygen atoms in total. The first-order valence-corrected chi connectivity index (χ1v) is 8.62. The van der Waals surface area contributed by atoms with Crippen LogP contribution < -0.4 is 10.2 Å². The summed E-state index contributed by atoms with van der Waals surface area (Å²) < 4.78 is 0. The summed E-state index contributed by atoms with van der Waals surface area (Å²) in [6, 6.07) is 13.5. The number of hydrogen-bond donors (Lipinski definition) is 1. The number of rotatable bonds is 6. The van der Waals surface area contributed by atoms with Gasteiger partial charge in [-0.2, -0.15) is 0 Å². The molecule has 0 unspecified atom stereocenters. The van der Waals surface area contributed by atoms with Gasteiger partial charge >= 0.3 is 0 Å². The number of carbonyl (C=O) groups excluding carboxylic acids is 2. The smallest absolute Gasteiger partial charge is 0.269 e. The van der Waals surface area contributed by atoms with Crippen molar-refractivity contribution in [2.75, 3.05) is 11.4 Å². The molecule has 1 aliphatic heterocycles. The molecular formula is C20H19N3O4. The Morgan fingerprint density at radius 3 is 2.44 bits per heavy atom. The third-order valence-electron chi connectivity index (χ3n) is 4.32. The molecule has 0 saturated carbocycles. The van der Waals surface area contributed by atoms with Crippen LogP contribution in [-0.4, -0.2) is 23.3 Å². The van der Waals surface area contributed by atoms with Gasteiger partial charge in [0.2, 0.25) is 11.8 Å². The van der Waals surface area contributed by atoms with Gasteiger partial charge in [0.05, 0.1) is 4.92 Å². The van der Waals surface area contributed by atoms with Crippen LogP contribution in [0.5, 0.6) is 0 Å². The minimum Gasteiger partial charge on any atom is -0.348 e. The molecule has 2 amide bonds. The number of nitro benzene ring substituents is 1. The quantitative estimate of drug-likeness (QED) is 0.484. The van der Waals surface area contributed by atoms with E-state index in [1.54, 1.807) is 23.1 Å². The largest absolute Gasteiger partial charge is 0.348 e. The molecule has 3 rings (SSSR count). The molecule has 1 heterocycles.